The van der Waals surface area contributed by atoms with E-state index in [1.54, 1.807) is 13.2 Å². The largest absolute Gasteiger partial charge is 0.497 e. The van der Waals surface area contributed by atoms with Crippen LogP contribution in [-0.4, -0.2) is 45.1 Å². The van der Waals surface area contributed by atoms with Gasteiger partial charge in [0.15, 0.2) is 0 Å². The maximum Gasteiger partial charge on any atom is 0.251 e. The van der Waals surface area contributed by atoms with Gasteiger partial charge in [0.05, 0.1) is 13.2 Å². The Balaban J connectivity index is 1.55. The van der Waals surface area contributed by atoms with Gasteiger partial charge in [0.2, 0.25) is 0 Å². The Bertz CT molecular complexity index is 1060. The number of hydrogen-bond donors (Lipinski definition) is 1. The minimum absolute atomic E-state index is 0.0868. The van der Waals surface area contributed by atoms with E-state index in [9.17, 15) is 4.79 Å². The lowest BCUT2D eigenvalue weighted by Gasteiger charge is -2.36. The highest BCUT2D eigenvalue weighted by Gasteiger charge is 2.25. The van der Waals surface area contributed by atoms with Crippen molar-refractivity contribution in [3.05, 3.63) is 95.1 Å². The van der Waals surface area contributed by atoms with Crippen molar-refractivity contribution in [3.63, 3.8) is 0 Å². The lowest BCUT2D eigenvalue weighted by atomic mass is 9.96. The summed E-state index contributed by atoms with van der Waals surface area (Å²) in [5.41, 5.74) is 5.77. The maximum absolute atomic E-state index is 12.9. The van der Waals surface area contributed by atoms with Gasteiger partial charge < -0.3 is 15.0 Å². The third kappa shape index (κ3) is 4.94. The van der Waals surface area contributed by atoms with Crippen LogP contribution in [0.25, 0.3) is 0 Å². The lowest BCUT2D eigenvalue weighted by Crippen LogP contribution is -2.40. The molecule has 0 spiro atoms. The van der Waals surface area contributed by atoms with E-state index < -0.39 is 0 Å². The predicted octanol–water partition coefficient (Wildman–Crippen LogP) is 4.29. The van der Waals surface area contributed by atoms with Gasteiger partial charge in [-0.05, 0) is 53.4 Å². The van der Waals surface area contributed by atoms with Gasteiger partial charge in [-0.15, -0.1) is 0 Å². The Labute approximate surface area is 190 Å². The quantitative estimate of drug-likeness (QED) is 0.609. The third-order valence-electron chi connectivity index (χ3n) is 6.18. The molecule has 1 heterocycles. The number of benzene rings is 3. The molecular weight excluding hydrogens is 398 g/mol. The summed E-state index contributed by atoms with van der Waals surface area (Å²) in [5.74, 6) is 0.595. The van der Waals surface area contributed by atoms with Gasteiger partial charge >= 0.3 is 0 Å². The molecule has 1 aliphatic rings. The average Bonchev–Trinajstić information content (AvgIpc) is 2.84. The van der Waals surface area contributed by atoms with Gasteiger partial charge in [0.1, 0.15) is 5.75 Å². The van der Waals surface area contributed by atoms with E-state index in [0.29, 0.717) is 17.9 Å². The molecule has 1 N–H and O–H groups in total. The van der Waals surface area contributed by atoms with Crippen molar-refractivity contribution in [3.8, 4) is 5.75 Å². The van der Waals surface area contributed by atoms with E-state index in [-0.39, 0.29) is 11.9 Å². The van der Waals surface area contributed by atoms with E-state index in [4.69, 9.17) is 4.74 Å². The standard InChI is InChI=1S/C27H31N3O2/c1-29(2)24-13-11-21(12-14-24)26(30-16-15-20-7-4-5-8-23(20)19-30)18-28-27(31)22-9-6-10-25(17-22)32-3/h4-14,17,26H,15-16,18-19H2,1-3H3,(H,28,31)/t26-/m0/s1. The van der Waals surface area contributed by atoms with Gasteiger partial charge in [-0.2, -0.15) is 0 Å². The van der Waals surface area contributed by atoms with Gasteiger partial charge in [0.25, 0.3) is 5.91 Å². The highest BCUT2D eigenvalue weighted by Crippen LogP contribution is 2.29. The van der Waals surface area contributed by atoms with E-state index in [1.165, 1.54) is 16.7 Å². The van der Waals surface area contributed by atoms with Crippen molar-refractivity contribution in [1.82, 2.24) is 10.2 Å². The molecule has 0 saturated carbocycles. The van der Waals surface area contributed by atoms with Crippen LogP contribution in [0.1, 0.15) is 33.1 Å². The zero-order valence-corrected chi connectivity index (χ0v) is 19.0. The Kier molecular flexibility index (Phi) is 6.76. The summed E-state index contributed by atoms with van der Waals surface area (Å²) in [7, 11) is 5.70. The summed E-state index contributed by atoms with van der Waals surface area (Å²) < 4.78 is 5.27. The molecule has 3 aromatic rings. The van der Waals surface area contributed by atoms with Crippen molar-refractivity contribution < 1.29 is 9.53 Å². The van der Waals surface area contributed by atoms with Crippen LogP contribution in [0.5, 0.6) is 5.75 Å². The molecule has 1 aliphatic heterocycles. The molecule has 0 aliphatic carbocycles. The molecule has 1 amide bonds. The number of rotatable bonds is 7. The van der Waals surface area contributed by atoms with Crippen LogP contribution in [0.2, 0.25) is 0 Å². The molecule has 0 aromatic heterocycles. The Hall–Kier alpha value is -3.31. The summed E-state index contributed by atoms with van der Waals surface area (Å²) >= 11 is 0. The van der Waals surface area contributed by atoms with Crippen LogP contribution >= 0.6 is 0 Å². The number of nitrogens with one attached hydrogen (secondary N) is 1. The summed E-state index contributed by atoms with van der Waals surface area (Å²) in [5, 5.41) is 3.16. The van der Waals surface area contributed by atoms with Crippen molar-refractivity contribution in [2.24, 2.45) is 0 Å². The number of carbonyl (C=O) groups is 1. The number of hydrogen-bond acceptors (Lipinski definition) is 4. The molecule has 0 fully saturated rings. The molecule has 32 heavy (non-hydrogen) atoms. The molecule has 166 valence electrons. The summed E-state index contributed by atoms with van der Waals surface area (Å²) in [4.78, 5) is 17.5. The molecule has 0 bridgehead atoms. The zero-order chi connectivity index (χ0) is 22.5. The average molecular weight is 430 g/mol. The molecule has 3 aromatic carbocycles. The highest BCUT2D eigenvalue weighted by atomic mass is 16.5. The van der Waals surface area contributed by atoms with Crippen molar-refractivity contribution >= 4 is 11.6 Å². The second-order valence-corrected chi connectivity index (χ2v) is 8.43. The monoisotopic (exact) mass is 429 g/mol. The van der Waals surface area contributed by atoms with Crippen molar-refractivity contribution in [2.75, 3.05) is 39.2 Å². The smallest absolute Gasteiger partial charge is 0.251 e. The first kappa shape index (κ1) is 21.9. The summed E-state index contributed by atoms with van der Waals surface area (Å²) in [6.07, 6.45) is 1.02. The van der Waals surface area contributed by atoms with Crippen LogP contribution in [0.3, 0.4) is 0 Å². The van der Waals surface area contributed by atoms with Crippen LogP contribution in [-0.2, 0) is 13.0 Å². The fourth-order valence-corrected chi connectivity index (χ4v) is 4.29. The molecule has 0 saturated heterocycles. The zero-order valence-electron chi connectivity index (χ0n) is 19.0. The minimum atomic E-state index is -0.0868. The summed E-state index contributed by atoms with van der Waals surface area (Å²) in [6.45, 7) is 2.39. The van der Waals surface area contributed by atoms with E-state index in [0.717, 1.165) is 25.2 Å². The topological polar surface area (TPSA) is 44.8 Å². The molecule has 4 rings (SSSR count). The van der Waals surface area contributed by atoms with E-state index in [2.05, 4.69) is 63.6 Å². The minimum Gasteiger partial charge on any atom is -0.497 e. The number of nitrogens with zero attached hydrogens (tertiary/aromatic N) is 2. The number of anilines is 1. The Morgan fingerprint density at radius 3 is 2.50 bits per heavy atom. The molecule has 0 radical (unpaired) electrons. The second-order valence-electron chi connectivity index (χ2n) is 8.43. The Morgan fingerprint density at radius 1 is 1.03 bits per heavy atom. The fraction of sp³-hybridized carbons (Fsp3) is 0.296. The predicted molar refractivity (Wildman–Crippen MR) is 129 cm³/mol. The van der Waals surface area contributed by atoms with Crippen molar-refractivity contribution in [1.29, 1.82) is 0 Å². The molecule has 0 unspecified atom stereocenters. The van der Waals surface area contributed by atoms with Crippen LogP contribution < -0.4 is 15.0 Å². The van der Waals surface area contributed by atoms with Gasteiger partial charge in [0, 0.05) is 45.0 Å². The second kappa shape index (κ2) is 9.88. The number of methoxy groups -OCH3 is 1. The first-order valence-electron chi connectivity index (χ1n) is 11.1. The van der Waals surface area contributed by atoms with E-state index >= 15 is 0 Å². The van der Waals surface area contributed by atoms with Crippen LogP contribution in [0, 0.1) is 0 Å². The highest BCUT2D eigenvalue weighted by molar-refractivity contribution is 5.94. The van der Waals surface area contributed by atoms with Crippen LogP contribution in [0.4, 0.5) is 5.69 Å². The third-order valence-corrected chi connectivity index (χ3v) is 6.18. The number of amides is 1. The van der Waals surface area contributed by atoms with Gasteiger partial charge in [-0.3, -0.25) is 9.69 Å². The van der Waals surface area contributed by atoms with Gasteiger partial charge in [-0.1, -0.05) is 42.5 Å². The number of carbonyl (C=O) groups excluding carboxylic acids is 1. The molecule has 5 nitrogen and oxygen atoms in total. The molecular formula is C27H31N3O2. The first-order chi connectivity index (χ1) is 15.5. The van der Waals surface area contributed by atoms with Crippen molar-refractivity contribution in [2.45, 2.75) is 19.0 Å². The lowest BCUT2D eigenvalue weighted by molar-refractivity contribution is 0.0927. The van der Waals surface area contributed by atoms with E-state index in [1.807, 2.05) is 32.3 Å². The summed E-state index contributed by atoms with van der Waals surface area (Å²) in [6, 6.07) is 24.7. The Morgan fingerprint density at radius 2 is 1.78 bits per heavy atom. The molecule has 5 heteroatoms. The maximum atomic E-state index is 12.9. The van der Waals surface area contributed by atoms with Gasteiger partial charge in [-0.25, -0.2) is 0 Å². The van der Waals surface area contributed by atoms with Crippen LogP contribution in [0.15, 0.2) is 72.8 Å². The first-order valence-corrected chi connectivity index (χ1v) is 11.1. The normalized spacial score (nSPS) is 14.3. The SMILES string of the molecule is COc1cccc(C(=O)NC[C@@H](c2ccc(N(C)C)cc2)N2CCc3ccccc3C2)c1. The number of ether oxygens (including phenoxy) is 1. The fourth-order valence-electron chi connectivity index (χ4n) is 4.29. The molecule has 1 atom stereocenters. The number of fused-ring (bicyclic) bond motifs is 1.